The molecule has 0 bridgehead atoms. The molecule has 1 aromatic carbocycles. The van der Waals surface area contributed by atoms with Gasteiger partial charge in [-0.05, 0) is 24.7 Å². The third-order valence-corrected chi connectivity index (χ3v) is 5.47. The van der Waals surface area contributed by atoms with Crippen LogP contribution in [0.3, 0.4) is 0 Å². The number of aliphatic hydroxyl groups excluding tert-OH is 3. The number of carbonyl (C=O) groups is 2. The molecule has 3 aliphatic rings. The second kappa shape index (κ2) is 8.40. The highest BCUT2D eigenvalue weighted by Gasteiger charge is 2.62. The summed E-state index contributed by atoms with van der Waals surface area (Å²) in [6.07, 6.45) is -23.7. The zero-order chi connectivity index (χ0) is 29.5. The van der Waals surface area contributed by atoms with Crippen LogP contribution in [0, 0.1) is 11.8 Å². The van der Waals surface area contributed by atoms with Crippen LogP contribution in [-0.4, -0.2) is 80.1 Å². The number of nitrogens with one attached hydrogen (secondary N) is 1. The molecule has 1 amide bonds. The van der Waals surface area contributed by atoms with Gasteiger partial charge in [0.1, 0.15) is 29.7 Å². The summed E-state index contributed by atoms with van der Waals surface area (Å²) in [6, 6.07) is 1.23. The van der Waals surface area contributed by atoms with Gasteiger partial charge in [-0.25, -0.2) is 9.59 Å². The number of carboxylic acid groups (broad SMARTS) is 1. The maximum absolute atomic E-state index is 14.4. The van der Waals surface area contributed by atoms with E-state index >= 15 is 0 Å². The highest BCUT2D eigenvalue weighted by molar-refractivity contribution is 6.32. The molecular weight excluding hydrogens is 507 g/mol. The molecule has 4 rings (SSSR count). The summed E-state index contributed by atoms with van der Waals surface area (Å²) in [5, 5.41) is 50.4. The van der Waals surface area contributed by atoms with E-state index in [-0.39, 0.29) is 0 Å². The molecule has 0 aromatic heterocycles. The molecule has 0 spiro atoms. The van der Waals surface area contributed by atoms with Crippen molar-refractivity contribution < 1.29 is 68.0 Å². The van der Waals surface area contributed by atoms with Gasteiger partial charge in [-0.15, -0.1) is 0 Å². The Morgan fingerprint density at radius 2 is 1.89 bits per heavy atom. The number of cyclic esters (lactones) is 1. The van der Waals surface area contributed by atoms with Gasteiger partial charge in [0.25, 0.3) is 5.60 Å². The maximum Gasteiger partial charge on any atom is 0.445 e. The van der Waals surface area contributed by atoms with Crippen LogP contribution in [0.15, 0.2) is 12.1 Å². The van der Waals surface area contributed by atoms with Gasteiger partial charge in [0.15, 0.2) is 6.10 Å². The first kappa shape index (κ1) is 20.4. The van der Waals surface area contributed by atoms with Crippen molar-refractivity contribution in [2.45, 2.75) is 60.8 Å². The molecule has 2 fully saturated rings. The van der Waals surface area contributed by atoms with Crippen molar-refractivity contribution in [3.05, 3.63) is 22.7 Å². The van der Waals surface area contributed by atoms with Crippen LogP contribution < -0.4 is 10.1 Å². The van der Waals surface area contributed by atoms with Crippen LogP contribution in [-0.2, 0) is 19.9 Å². The Hall–Kier alpha value is -2.80. The first-order valence-corrected chi connectivity index (χ1v) is 9.86. The minimum Gasteiger partial charge on any atom is -0.479 e. The van der Waals surface area contributed by atoms with E-state index in [4.69, 9.17) is 31.7 Å². The number of alkyl halides is 3. The summed E-state index contributed by atoms with van der Waals surface area (Å²) < 4.78 is 87.7. The largest absolute Gasteiger partial charge is 0.479 e. The third-order valence-electron chi connectivity index (χ3n) is 5.17. The second-order valence-electron chi connectivity index (χ2n) is 7.59. The number of carboxylic acids is 1. The maximum atomic E-state index is 14.4. The van der Waals surface area contributed by atoms with Gasteiger partial charge in [-0.2, -0.15) is 13.2 Å². The smallest absolute Gasteiger partial charge is 0.445 e. The van der Waals surface area contributed by atoms with Crippen LogP contribution in [0.5, 0.6) is 5.75 Å². The van der Waals surface area contributed by atoms with Gasteiger partial charge in [0.05, 0.1) is 10.7 Å². The molecule has 1 saturated carbocycles. The fourth-order valence-corrected chi connectivity index (χ4v) is 3.53. The Labute approximate surface area is 204 Å². The molecule has 1 unspecified atom stereocenters. The van der Waals surface area contributed by atoms with Crippen LogP contribution >= 0.6 is 11.6 Å². The standard InChI is InChI=1S/C20H17ClF3NO10/c21-8-5-7-9(6-10(8)33-16-13(28)11(26)12(27)14(34-16)15(29)30)25-17(31)35-19(7,20(22,23)24)4-3-18(32)1-2-18/h5-6,11-14,16,26-28,32H,1-2H2,(H,25,31)(H,29,30)/t11-,12-,13+,14-,16+,19?/m0/s1/i1D2,2D2. The Bertz CT molecular complexity index is 1290. The van der Waals surface area contributed by atoms with Crippen molar-refractivity contribution in [3.8, 4) is 17.6 Å². The van der Waals surface area contributed by atoms with Crippen molar-refractivity contribution >= 4 is 29.4 Å². The molecule has 0 radical (unpaired) electrons. The topological polar surface area (TPSA) is 175 Å². The van der Waals surface area contributed by atoms with Crippen LogP contribution in [0.25, 0.3) is 0 Å². The fraction of sp³-hybridized carbons (Fsp3) is 0.500. The summed E-state index contributed by atoms with van der Waals surface area (Å²) in [4.78, 5) is 23.4. The van der Waals surface area contributed by atoms with Gasteiger partial charge in [0.2, 0.25) is 6.29 Å². The number of hydrogen-bond donors (Lipinski definition) is 6. The zero-order valence-electron chi connectivity index (χ0n) is 20.8. The van der Waals surface area contributed by atoms with Gasteiger partial charge >= 0.3 is 18.2 Å². The fourth-order valence-electron chi connectivity index (χ4n) is 3.32. The second-order valence-corrected chi connectivity index (χ2v) is 7.99. The number of halogens is 4. The Morgan fingerprint density at radius 3 is 2.46 bits per heavy atom. The average Bonchev–Trinajstić information content (AvgIpc) is 3.13. The number of hydrogen-bond acceptors (Lipinski definition) is 9. The van der Waals surface area contributed by atoms with E-state index in [1.54, 1.807) is 0 Å². The van der Waals surface area contributed by atoms with Gasteiger partial charge in [-0.3, -0.25) is 5.32 Å². The summed E-state index contributed by atoms with van der Waals surface area (Å²) in [7, 11) is 0. The van der Waals surface area contributed by atoms with Gasteiger partial charge in [0, 0.05) is 17.1 Å². The number of aliphatic carboxylic acids is 1. The number of fused-ring (bicyclic) bond motifs is 1. The molecule has 2 heterocycles. The molecule has 6 N–H and O–H groups in total. The van der Waals surface area contributed by atoms with E-state index in [0.717, 1.165) is 0 Å². The predicted molar refractivity (Wildman–Crippen MR) is 106 cm³/mol. The molecule has 11 nitrogen and oxygen atoms in total. The van der Waals surface area contributed by atoms with E-state index in [0.29, 0.717) is 12.1 Å². The van der Waals surface area contributed by atoms with Gasteiger partial charge < -0.3 is 39.7 Å². The summed E-state index contributed by atoms with van der Waals surface area (Å²) in [5.74, 6) is 0.627. The molecule has 1 aliphatic carbocycles. The van der Waals surface area contributed by atoms with E-state index in [2.05, 4.69) is 4.74 Å². The zero-order valence-corrected chi connectivity index (χ0v) is 17.6. The number of rotatable bonds is 3. The lowest BCUT2D eigenvalue weighted by molar-refractivity contribution is -0.271. The van der Waals surface area contributed by atoms with Crippen LogP contribution in [0.1, 0.15) is 23.8 Å². The first-order valence-electron chi connectivity index (χ1n) is 11.5. The van der Waals surface area contributed by atoms with E-state index in [1.165, 1.54) is 11.8 Å². The number of aliphatic hydroxyl groups is 4. The normalized spacial score (nSPS) is 37.9. The minimum atomic E-state index is -5.56. The highest BCUT2D eigenvalue weighted by Crippen LogP contribution is 2.50. The lowest BCUT2D eigenvalue weighted by Gasteiger charge is -2.39. The molecule has 35 heavy (non-hydrogen) atoms. The SMILES string of the molecule is [2H]C1([2H])C([2H])([2H])C1(O)C#CC1(C(F)(F)F)OC(=O)Nc2cc(O[C@@H]3O[C@H](C(=O)O)[C@@H](O)[C@H](O)[C@H]3O)c(Cl)cc21. The van der Waals surface area contributed by atoms with E-state index in [9.17, 15) is 43.2 Å². The molecule has 1 aromatic rings. The van der Waals surface area contributed by atoms with Crippen molar-refractivity contribution in [1.82, 2.24) is 0 Å². The number of ether oxygens (including phenoxy) is 3. The van der Waals surface area contributed by atoms with Crippen LogP contribution in [0.4, 0.5) is 23.7 Å². The summed E-state index contributed by atoms with van der Waals surface area (Å²) in [6.45, 7) is 0. The molecular formula is C20H17ClF3NO10. The van der Waals surface area contributed by atoms with Gasteiger partial charge in [-0.1, -0.05) is 17.5 Å². The summed E-state index contributed by atoms with van der Waals surface area (Å²) in [5.41, 5.74) is -8.75. The van der Waals surface area contributed by atoms with Crippen molar-refractivity contribution in [2.75, 3.05) is 5.32 Å². The van der Waals surface area contributed by atoms with Crippen LogP contribution in [0.2, 0.25) is 5.02 Å². The number of amides is 1. The van der Waals surface area contributed by atoms with E-state index in [1.807, 2.05) is 5.32 Å². The lowest BCUT2D eigenvalue weighted by atomic mass is 9.90. The minimum absolute atomic E-state index is 0.545. The molecule has 1 saturated heterocycles. The van der Waals surface area contributed by atoms with Crippen molar-refractivity contribution in [1.29, 1.82) is 0 Å². The molecule has 15 heteroatoms. The number of anilines is 1. The van der Waals surface area contributed by atoms with Crippen molar-refractivity contribution in [2.24, 2.45) is 0 Å². The molecule has 190 valence electrons. The van der Waals surface area contributed by atoms with Crippen molar-refractivity contribution in [3.63, 3.8) is 0 Å². The molecule has 6 atom stereocenters. The highest BCUT2D eigenvalue weighted by atomic mass is 35.5. The number of benzene rings is 1. The predicted octanol–water partition coefficient (Wildman–Crippen LogP) is 0.459. The third kappa shape index (κ3) is 4.46. The first-order chi connectivity index (χ1) is 17.7. The average molecular weight is 528 g/mol. The Kier molecular flexibility index (Phi) is 4.90. The lowest BCUT2D eigenvalue weighted by Crippen LogP contribution is -2.61. The Balaban J connectivity index is 1.78. The monoisotopic (exact) mass is 527 g/mol. The number of carbonyl (C=O) groups excluding carboxylic acids is 1. The molecule has 2 aliphatic heterocycles. The Morgan fingerprint density at radius 1 is 1.23 bits per heavy atom. The quantitative estimate of drug-likeness (QED) is 0.303. The summed E-state index contributed by atoms with van der Waals surface area (Å²) >= 11 is 6.06. The van der Waals surface area contributed by atoms with E-state index < -0.39 is 94.9 Å².